The van der Waals surface area contributed by atoms with Crippen molar-refractivity contribution in [2.75, 3.05) is 38.9 Å². The second-order valence-electron chi connectivity index (χ2n) is 4.67. The monoisotopic (exact) mass is 265 g/mol. The molecule has 0 aliphatic heterocycles. The molecule has 1 rings (SSSR count). The lowest BCUT2D eigenvalue weighted by Crippen LogP contribution is -2.39. The fourth-order valence-corrected chi connectivity index (χ4v) is 2.13. The van der Waals surface area contributed by atoms with Gasteiger partial charge in [0.25, 0.3) is 0 Å². The molecule has 19 heavy (non-hydrogen) atoms. The molecule has 1 atom stereocenters. The second-order valence-corrected chi connectivity index (χ2v) is 4.67. The minimum absolute atomic E-state index is 0.182. The van der Waals surface area contributed by atoms with E-state index in [1.807, 2.05) is 25.1 Å². The van der Waals surface area contributed by atoms with Gasteiger partial charge in [-0.05, 0) is 26.0 Å². The van der Waals surface area contributed by atoms with Gasteiger partial charge < -0.3 is 14.4 Å². The first-order valence-electron chi connectivity index (χ1n) is 6.44. The van der Waals surface area contributed by atoms with Gasteiger partial charge >= 0.3 is 0 Å². The largest absolute Gasteiger partial charge is 0.383 e. The molecule has 0 aromatic heterocycles. The highest BCUT2D eigenvalue weighted by molar-refractivity contribution is 5.85. The molecule has 0 saturated heterocycles. The Balaban J connectivity index is 3.04. The fourth-order valence-electron chi connectivity index (χ4n) is 2.13. The summed E-state index contributed by atoms with van der Waals surface area (Å²) >= 11 is 0. The van der Waals surface area contributed by atoms with Crippen molar-refractivity contribution in [2.45, 2.75) is 19.9 Å². The van der Waals surface area contributed by atoms with E-state index in [0.29, 0.717) is 18.8 Å². The third kappa shape index (κ3) is 4.33. The Morgan fingerprint density at radius 3 is 2.63 bits per heavy atom. The van der Waals surface area contributed by atoms with Crippen LogP contribution in [-0.4, -0.2) is 46.3 Å². The number of benzene rings is 1. The molecule has 0 fully saturated rings. The van der Waals surface area contributed by atoms with Crippen LogP contribution in [0.1, 0.15) is 22.8 Å². The van der Waals surface area contributed by atoms with Gasteiger partial charge in [0.1, 0.15) is 0 Å². The van der Waals surface area contributed by atoms with Crippen LogP contribution in [-0.2, 0) is 9.47 Å². The number of methoxy groups -OCH3 is 2. The molecule has 4 heteroatoms. The van der Waals surface area contributed by atoms with Crippen molar-refractivity contribution in [1.82, 2.24) is 0 Å². The van der Waals surface area contributed by atoms with Gasteiger partial charge in [-0.3, -0.25) is 4.79 Å². The number of carbonyl (C=O) groups is 1. The Hall–Kier alpha value is -1.39. The van der Waals surface area contributed by atoms with Crippen molar-refractivity contribution in [3.63, 3.8) is 0 Å². The van der Waals surface area contributed by atoms with E-state index in [1.165, 1.54) is 0 Å². The average molecular weight is 265 g/mol. The van der Waals surface area contributed by atoms with Crippen LogP contribution in [0.5, 0.6) is 0 Å². The molecule has 0 amide bonds. The summed E-state index contributed by atoms with van der Waals surface area (Å²) in [6, 6.07) is 6.09. The number of rotatable bonds is 8. The van der Waals surface area contributed by atoms with Crippen LogP contribution >= 0.6 is 0 Å². The van der Waals surface area contributed by atoms with Crippen LogP contribution in [0.25, 0.3) is 0 Å². The SMILES string of the molecule is COCCN(c1ccc(C)cc1C=O)C(C)COC. The zero-order chi connectivity index (χ0) is 14.3. The van der Waals surface area contributed by atoms with Gasteiger partial charge in [0.15, 0.2) is 6.29 Å². The van der Waals surface area contributed by atoms with Crippen molar-refractivity contribution in [2.24, 2.45) is 0 Å². The van der Waals surface area contributed by atoms with E-state index in [4.69, 9.17) is 9.47 Å². The van der Waals surface area contributed by atoms with E-state index >= 15 is 0 Å². The summed E-state index contributed by atoms with van der Waals surface area (Å²) in [7, 11) is 3.36. The highest BCUT2D eigenvalue weighted by atomic mass is 16.5. The number of aryl methyl sites for hydroxylation is 1. The number of aldehydes is 1. The van der Waals surface area contributed by atoms with Crippen molar-refractivity contribution >= 4 is 12.0 Å². The number of nitrogens with zero attached hydrogens (tertiary/aromatic N) is 1. The second kappa shape index (κ2) is 7.92. The normalized spacial score (nSPS) is 12.2. The van der Waals surface area contributed by atoms with Gasteiger partial charge in [-0.15, -0.1) is 0 Å². The lowest BCUT2D eigenvalue weighted by Gasteiger charge is -2.31. The zero-order valence-corrected chi connectivity index (χ0v) is 12.2. The van der Waals surface area contributed by atoms with E-state index in [9.17, 15) is 4.79 Å². The maximum Gasteiger partial charge on any atom is 0.152 e. The first-order valence-corrected chi connectivity index (χ1v) is 6.44. The van der Waals surface area contributed by atoms with E-state index < -0.39 is 0 Å². The Morgan fingerprint density at radius 2 is 2.05 bits per heavy atom. The Kier molecular flexibility index (Phi) is 6.53. The smallest absolute Gasteiger partial charge is 0.152 e. The molecule has 0 bridgehead atoms. The van der Waals surface area contributed by atoms with Gasteiger partial charge in [0.2, 0.25) is 0 Å². The summed E-state index contributed by atoms with van der Waals surface area (Å²) in [5, 5.41) is 0. The predicted molar refractivity (Wildman–Crippen MR) is 77.1 cm³/mol. The fraction of sp³-hybridized carbons (Fsp3) is 0.533. The standard InChI is InChI=1S/C15H23NO3/c1-12-5-6-15(14(9-12)10-17)16(7-8-18-3)13(2)11-19-4/h5-6,9-10,13H,7-8,11H2,1-4H3. The highest BCUT2D eigenvalue weighted by Gasteiger charge is 2.17. The van der Waals surface area contributed by atoms with E-state index in [1.54, 1.807) is 14.2 Å². The molecule has 1 unspecified atom stereocenters. The van der Waals surface area contributed by atoms with Crippen LogP contribution < -0.4 is 4.90 Å². The molecule has 106 valence electrons. The molecule has 0 saturated carbocycles. The van der Waals surface area contributed by atoms with Gasteiger partial charge in [0.05, 0.1) is 13.2 Å². The molecule has 1 aromatic carbocycles. The number of anilines is 1. The van der Waals surface area contributed by atoms with Gasteiger partial charge in [-0.1, -0.05) is 11.6 Å². The molecule has 0 heterocycles. The van der Waals surface area contributed by atoms with Crippen molar-refractivity contribution in [1.29, 1.82) is 0 Å². The van der Waals surface area contributed by atoms with Crippen LogP contribution in [0.4, 0.5) is 5.69 Å². The van der Waals surface area contributed by atoms with Crippen LogP contribution in [0.2, 0.25) is 0 Å². The molecule has 0 aliphatic carbocycles. The summed E-state index contributed by atoms with van der Waals surface area (Å²) in [5.41, 5.74) is 2.72. The van der Waals surface area contributed by atoms with Crippen LogP contribution in [0.3, 0.4) is 0 Å². The number of hydrogen-bond donors (Lipinski definition) is 0. The van der Waals surface area contributed by atoms with Crippen LogP contribution in [0.15, 0.2) is 18.2 Å². The molecular formula is C15H23NO3. The first kappa shape index (κ1) is 15.7. The lowest BCUT2D eigenvalue weighted by molar-refractivity contribution is 0.112. The summed E-state index contributed by atoms with van der Waals surface area (Å²) in [5.74, 6) is 0. The Labute approximate surface area is 115 Å². The molecule has 0 radical (unpaired) electrons. The summed E-state index contributed by atoms with van der Waals surface area (Å²) in [4.78, 5) is 13.4. The maximum absolute atomic E-state index is 11.2. The number of ether oxygens (including phenoxy) is 2. The Morgan fingerprint density at radius 1 is 1.32 bits per heavy atom. The molecule has 0 spiro atoms. The average Bonchev–Trinajstić information content (AvgIpc) is 2.40. The first-order chi connectivity index (χ1) is 9.13. The molecule has 4 nitrogen and oxygen atoms in total. The molecule has 0 aliphatic rings. The molecule has 1 aromatic rings. The van der Waals surface area contributed by atoms with E-state index in [0.717, 1.165) is 24.1 Å². The number of hydrogen-bond acceptors (Lipinski definition) is 4. The summed E-state index contributed by atoms with van der Waals surface area (Å²) in [6.45, 7) is 6.00. The van der Waals surface area contributed by atoms with Crippen LogP contribution in [0, 0.1) is 6.92 Å². The minimum atomic E-state index is 0.182. The third-order valence-electron chi connectivity index (χ3n) is 3.10. The molecular weight excluding hydrogens is 242 g/mol. The quantitative estimate of drug-likeness (QED) is 0.676. The third-order valence-corrected chi connectivity index (χ3v) is 3.10. The lowest BCUT2D eigenvalue weighted by atomic mass is 10.1. The van der Waals surface area contributed by atoms with Gasteiger partial charge in [-0.2, -0.15) is 0 Å². The Bertz CT molecular complexity index is 406. The topological polar surface area (TPSA) is 38.8 Å². The minimum Gasteiger partial charge on any atom is -0.383 e. The van der Waals surface area contributed by atoms with Gasteiger partial charge in [0, 0.05) is 38.1 Å². The predicted octanol–water partition coefficient (Wildman–Crippen LogP) is 2.30. The van der Waals surface area contributed by atoms with Crippen molar-refractivity contribution in [3.05, 3.63) is 29.3 Å². The zero-order valence-electron chi connectivity index (χ0n) is 12.2. The van der Waals surface area contributed by atoms with E-state index in [-0.39, 0.29) is 6.04 Å². The van der Waals surface area contributed by atoms with Crippen molar-refractivity contribution in [3.8, 4) is 0 Å². The van der Waals surface area contributed by atoms with Gasteiger partial charge in [-0.25, -0.2) is 0 Å². The molecule has 0 N–H and O–H groups in total. The summed E-state index contributed by atoms with van der Waals surface area (Å²) in [6.07, 6.45) is 0.904. The maximum atomic E-state index is 11.2. The van der Waals surface area contributed by atoms with E-state index in [2.05, 4.69) is 11.8 Å². The van der Waals surface area contributed by atoms with Crippen molar-refractivity contribution < 1.29 is 14.3 Å². The highest BCUT2D eigenvalue weighted by Crippen LogP contribution is 2.22. The number of carbonyl (C=O) groups excluding carboxylic acids is 1. The summed E-state index contributed by atoms with van der Waals surface area (Å²) < 4.78 is 10.4.